The van der Waals surface area contributed by atoms with Crippen LogP contribution in [-0.2, 0) is 17.9 Å². The molecular formula is C29H35ClN4O4. The Morgan fingerprint density at radius 1 is 0.947 bits per heavy atom. The quantitative estimate of drug-likeness (QED) is 0.213. The monoisotopic (exact) mass is 538 g/mol. The first-order chi connectivity index (χ1) is 18.0. The molecule has 2 aromatic carbocycles. The number of non-ortho nitro benzene ring substituents is 1. The highest BCUT2D eigenvalue weighted by Gasteiger charge is 2.25. The lowest BCUT2D eigenvalue weighted by Gasteiger charge is -2.30. The van der Waals surface area contributed by atoms with E-state index in [0.717, 1.165) is 11.3 Å². The van der Waals surface area contributed by atoms with E-state index in [9.17, 15) is 19.7 Å². The number of hydrogen-bond donors (Lipinski definition) is 0. The topological polar surface area (TPSA) is 88.7 Å². The second kappa shape index (κ2) is 13.2. The third-order valence-corrected chi connectivity index (χ3v) is 6.38. The first-order valence-electron chi connectivity index (χ1n) is 12.7. The number of rotatable bonds is 12. The van der Waals surface area contributed by atoms with Crippen LogP contribution in [0.25, 0.3) is 0 Å². The van der Waals surface area contributed by atoms with Gasteiger partial charge in [0.2, 0.25) is 5.91 Å². The van der Waals surface area contributed by atoms with Crippen molar-refractivity contribution in [2.24, 2.45) is 11.8 Å². The molecule has 0 spiro atoms. The molecule has 0 aliphatic rings. The lowest BCUT2D eigenvalue weighted by Crippen LogP contribution is -2.45. The molecule has 0 radical (unpaired) electrons. The van der Waals surface area contributed by atoms with Crippen LogP contribution in [0.3, 0.4) is 0 Å². The van der Waals surface area contributed by atoms with Gasteiger partial charge in [0.05, 0.1) is 11.5 Å². The highest BCUT2D eigenvalue weighted by Crippen LogP contribution is 2.20. The Hall–Kier alpha value is -3.65. The fraction of sp³-hybridized carbons (Fsp3) is 0.379. The number of nitro benzene ring substituents is 1. The molecule has 0 N–H and O–H groups in total. The van der Waals surface area contributed by atoms with Crippen LogP contribution in [0.15, 0.2) is 66.9 Å². The van der Waals surface area contributed by atoms with Crippen molar-refractivity contribution in [2.45, 2.75) is 40.8 Å². The number of carbonyl (C=O) groups is 2. The summed E-state index contributed by atoms with van der Waals surface area (Å²) in [5.74, 6) is -0.250. The molecular weight excluding hydrogens is 504 g/mol. The third-order valence-electron chi connectivity index (χ3n) is 6.02. The highest BCUT2D eigenvalue weighted by molar-refractivity contribution is 6.31. The molecule has 0 aliphatic carbocycles. The molecule has 3 aromatic rings. The molecule has 8 nitrogen and oxygen atoms in total. The second-order valence-corrected chi connectivity index (χ2v) is 10.7. The first-order valence-corrected chi connectivity index (χ1v) is 13.1. The number of hydrogen-bond acceptors (Lipinski definition) is 4. The predicted molar refractivity (Wildman–Crippen MR) is 149 cm³/mol. The van der Waals surface area contributed by atoms with Gasteiger partial charge in [-0.1, -0.05) is 63.6 Å². The first kappa shape index (κ1) is 28.9. The Kier molecular flexibility index (Phi) is 10.1. The van der Waals surface area contributed by atoms with Crippen LogP contribution in [0.5, 0.6) is 0 Å². The Morgan fingerprint density at radius 2 is 1.63 bits per heavy atom. The summed E-state index contributed by atoms with van der Waals surface area (Å²) in [4.78, 5) is 40.9. The van der Waals surface area contributed by atoms with Crippen molar-refractivity contribution < 1.29 is 14.5 Å². The zero-order chi connectivity index (χ0) is 27.8. The molecule has 1 aromatic heterocycles. The van der Waals surface area contributed by atoms with Crippen LogP contribution in [0.1, 0.15) is 49.3 Å². The Balaban J connectivity index is 1.82. The van der Waals surface area contributed by atoms with Gasteiger partial charge in [-0.3, -0.25) is 19.7 Å². The third kappa shape index (κ3) is 7.92. The van der Waals surface area contributed by atoms with Gasteiger partial charge in [-0.25, -0.2) is 0 Å². The smallest absolute Gasteiger partial charge is 0.270 e. The maximum absolute atomic E-state index is 13.6. The maximum Gasteiger partial charge on any atom is 0.270 e. The van der Waals surface area contributed by atoms with E-state index in [1.54, 1.807) is 11.0 Å². The van der Waals surface area contributed by atoms with Crippen molar-refractivity contribution in [3.05, 3.63) is 98.8 Å². The lowest BCUT2D eigenvalue weighted by atomic mass is 10.1. The van der Waals surface area contributed by atoms with E-state index < -0.39 is 10.8 Å². The molecule has 0 aliphatic heterocycles. The van der Waals surface area contributed by atoms with Crippen LogP contribution in [-0.4, -0.2) is 50.7 Å². The van der Waals surface area contributed by atoms with Crippen LogP contribution in [0.2, 0.25) is 5.02 Å². The average Bonchev–Trinajstić information content (AvgIpc) is 3.30. The van der Waals surface area contributed by atoms with Crippen molar-refractivity contribution in [1.82, 2.24) is 14.4 Å². The van der Waals surface area contributed by atoms with Gasteiger partial charge in [-0.15, -0.1) is 0 Å². The fourth-order valence-electron chi connectivity index (χ4n) is 4.31. The van der Waals surface area contributed by atoms with E-state index in [0.29, 0.717) is 31.2 Å². The van der Waals surface area contributed by atoms with E-state index >= 15 is 0 Å². The number of amides is 2. The van der Waals surface area contributed by atoms with Crippen molar-refractivity contribution in [1.29, 1.82) is 0 Å². The van der Waals surface area contributed by atoms with Crippen LogP contribution in [0.4, 0.5) is 5.69 Å². The lowest BCUT2D eigenvalue weighted by molar-refractivity contribution is -0.384. The van der Waals surface area contributed by atoms with Gasteiger partial charge in [0, 0.05) is 54.2 Å². The summed E-state index contributed by atoms with van der Waals surface area (Å²) in [6, 6.07) is 17.2. The standard InChI is InChI=1S/C29H35ClN4O4/c1-21(2)16-32(19-26-12-8-14-31(26)18-24-9-5-6-13-27(24)30)28(35)20-33(17-22(3)4)29(36)23-10-7-11-25(15-23)34(37)38/h5-15,21-22H,16-20H2,1-4H3. The maximum atomic E-state index is 13.6. The summed E-state index contributed by atoms with van der Waals surface area (Å²) in [5.41, 5.74) is 1.97. The number of halogens is 1. The van der Waals surface area contributed by atoms with Crippen LogP contribution >= 0.6 is 11.6 Å². The number of benzene rings is 2. The average molecular weight is 539 g/mol. The normalized spacial score (nSPS) is 11.1. The predicted octanol–water partition coefficient (Wildman–Crippen LogP) is 5.88. The molecule has 3 rings (SSSR count). The van der Waals surface area contributed by atoms with Crippen molar-refractivity contribution in [2.75, 3.05) is 19.6 Å². The summed E-state index contributed by atoms with van der Waals surface area (Å²) < 4.78 is 2.07. The SMILES string of the molecule is CC(C)CN(Cc1cccn1Cc1ccccc1Cl)C(=O)CN(CC(C)C)C(=O)c1cccc([N+](=O)[O-])c1. The zero-order valence-electron chi connectivity index (χ0n) is 22.3. The molecule has 2 amide bonds. The van der Waals surface area contributed by atoms with Gasteiger partial charge >= 0.3 is 0 Å². The minimum Gasteiger partial charge on any atom is -0.345 e. The Morgan fingerprint density at radius 3 is 2.29 bits per heavy atom. The van der Waals surface area contributed by atoms with Crippen molar-refractivity contribution >= 4 is 29.1 Å². The van der Waals surface area contributed by atoms with Gasteiger partial charge < -0.3 is 14.4 Å². The minimum atomic E-state index is -0.531. The Bertz CT molecular complexity index is 1270. The number of carbonyl (C=O) groups excluding carboxylic acids is 2. The summed E-state index contributed by atoms with van der Waals surface area (Å²) in [6.45, 7) is 9.75. The van der Waals surface area contributed by atoms with E-state index in [1.807, 2.05) is 70.3 Å². The Labute approximate surface area is 229 Å². The largest absolute Gasteiger partial charge is 0.345 e. The van der Waals surface area contributed by atoms with E-state index in [4.69, 9.17) is 11.6 Å². The van der Waals surface area contributed by atoms with E-state index in [-0.39, 0.29) is 35.5 Å². The van der Waals surface area contributed by atoms with Gasteiger partial charge in [-0.2, -0.15) is 0 Å². The zero-order valence-corrected chi connectivity index (χ0v) is 23.1. The number of aromatic nitrogens is 1. The molecule has 1 heterocycles. The number of nitrogens with zero attached hydrogens (tertiary/aromatic N) is 4. The van der Waals surface area contributed by atoms with E-state index in [2.05, 4.69) is 4.57 Å². The minimum absolute atomic E-state index is 0.108. The highest BCUT2D eigenvalue weighted by atomic mass is 35.5. The molecule has 0 saturated heterocycles. The molecule has 202 valence electrons. The van der Waals surface area contributed by atoms with Crippen LogP contribution < -0.4 is 0 Å². The molecule has 0 bridgehead atoms. The van der Waals surface area contributed by atoms with Gasteiger partial charge in [0.15, 0.2) is 0 Å². The molecule has 0 saturated carbocycles. The summed E-state index contributed by atoms with van der Waals surface area (Å²) in [5, 5.41) is 11.9. The molecule has 38 heavy (non-hydrogen) atoms. The van der Waals surface area contributed by atoms with Gasteiger partial charge in [0.25, 0.3) is 11.6 Å². The van der Waals surface area contributed by atoms with Crippen molar-refractivity contribution in [3.8, 4) is 0 Å². The molecule has 0 fully saturated rings. The fourth-order valence-corrected chi connectivity index (χ4v) is 4.50. The summed E-state index contributed by atoms with van der Waals surface area (Å²) >= 11 is 6.37. The summed E-state index contributed by atoms with van der Waals surface area (Å²) in [6.07, 6.45) is 1.97. The molecule has 9 heteroatoms. The second-order valence-electron chi connectivity index (χ2n) is 10.3. The van der Waals surface area contributed by atoms with Gasteiger partial charge in [0.1, 0.15) is 6.54 Å². The number of nitro groups is 1. The van der Waals surface area contributed by atoms with Gasteiger partial charge in [-0.05, 0) is 41.7 Å². The van der Waals surface area contributed by atoms with Crippen molar-refractivity contribution in [3.63, 3.8) is 0 Å². The molecule has 0 unspecified atom stereocenters. The van der Waals surface area contributed by atoms with Crippen LogP contribution in [0, 0.1) is 22.0 Å². The van der Waals surface area contributed by atoms with E-state index in [1.165, 1.54) is 23.1 Å². The summed E-state index contributed by atoms with van der Waals surface area (Å²) in [7, 11) is 0. The molecule has 0 atom stereocenters.